The minimum Gasteiger partial charge on any atom is -1.00 e. The van der Waals surface area contributed by atoms with Crippen LogP contribution < -0.4 is 17.0 Å². The van der Waals surface area contributed by atoms with Crippen LogP contribution in [0.3, 0.4) is 0 Å². The van der Waals surface area contributed by atoms with Gasteiger partial charge in [-0.1, -0.05) is 20.4 Å². The van der Waals surface area contributed by atoms with Crippen molar-refractivity contribution >= 4 is 5.97 Å². The molecule has 6 fully saturated rings. The van der Waals surface area contributed by atoms with E-state index in [1.165, 1.54) is 51.6 Å². The van der Waals surface area contributed by atoms with Gasteiger partial charge in [-0.25, -0.2) is 0 Å². The van der Waals surface area contributed by atoms with Crippen molar-refractivity contribution in [1.82, 2.24) is 4.90 Å². The second-order valence-corrected chi connectivity index (χ2v) is 14.6. The van der Waals surface area contributed by atoms with Gasteiger partial charge in [-0.3, -0.25) is 9.69 Å². The van der Waals surface area contributed by atoms with Gasteiger partial charge >= 0.3 is 5.97 Å². The van der Waals surface area contributed by atoms with Crippen molar-refractivity contribution in [3.8, 4) is 0 Å². The number of ether oxygens (including phenoxy) is 2. The van der Waals surface area contributed by atoms with E-state index in [9.17, 15) is 9.90 Å². The molecule has 1 N–H and O–H groups in total. The molecule has 222 valence electrons. The highest BCUT2D eigenvalue weighted by molar-refractivity contribution is 5.66. The van der Waals surface area contributed by atoms with Gasteiger partial charge in [0.1, 0.15) is 18.2 Å². The maximum absolute atomic E-state index is 12.1. The average molecular weight is 610 g/mol. The first kappa shape index (κ1) is 30.0. The summed E-state index contributed by atoms with van der Waals surface area (Å²) in [5.74, 6) is 2.51. The number of fused-ring (bicyclic) bond motifs is 5. The summed E-state index contributed by atoms with van der Waals surface area (Å²) in [6.45, 7) is 17.6. The Bertz CT molecular complexity index is 905. The topological polar surface area (TPSA) is 59.0 Å². The van der Waals surface area contributed by atoms with E-state index in [0.717, 1.165) is 56.6 Å². The molecular formula is C32H53BrN2O4. The summed E-state index contributed by atoms with van der Waals surface area (Å²) in [7, 11) is 0. The molecule has 6 aliphatic rings. The van der Waals surface area contributed by atoms with E-state index in [1.54, 1.807) is 6.92 Å². The predicted molar refractivity (Wildman–Crippen MR) is 148 cm³/mol. The Morgan fingerprint density at radius 3 is 2.49 bits per heavy atom. The van der Waals surface area contributed by atoms with Crippen LogP contribution in [0.15, 0.2) is 12.7 Å². The summed E-state index contributed by atoms with van der Waals surface area (Å²) in [6.07, 6.45) is 12.7. The number of hydrogen-bond acceptors (Lipinski definition) is 5. The van der Waals surface area contributed by atoms with Gasteiger partial charge in [0.15, 0.2) is 0 Å². The molecule has 4 saturated carbocycles. The van der Waals surface area contributed by atoms with Crippen LogP contribution in [0.25, 0.3) is 0 Å². The summed E-state index contributed by atoms with van der Waals surface area (Å²) in [5, 5.41) is 12.0. The average Bonchev–Trinajstić information content (AvgIpc) is 3.47. The Labute approximate surface area is 247 Å². The zero-order chi connectivity index (χ0) is 26.7. The number of aliphatic hydroxyl groups is 1. The van der Waals surface area contributed by atoms with Crippen LogP contribution in [0.4, 0.5) is 0 Å². The zero-order valence-electron chi connectivity index (χ0n) is 24.7. The van der Waals surface area contributed by atoms with Crippen molar-refractivity contribution < 1.29 is 40.8 Å². The van der Waals surface area contributed by atoms with E-state index in [4.69, 9.17) is 9.47 Å². The standard InChI is InChI=1S/C32H53N2O4.BrH/c1-5-14-34(15-6-7-16-34)28-20-26-24-9-8-23-19-29(38-22(2)35)27(33-12-17-37-18-13-33)21-32(23,4)25(24)10-11-31(26,3)30(28)36;/h5,23-30,36H,1,6-21H2,2-4H3;1H/q+1;/p-1/t23-,24-,25-,26-,27+,28+,29+,30+,31+,32+;/m1./s1. The van der Waals surface area contributed by atoms with E-state index >= 15 is 0 Å². The second kappa shape index (κ2) is 11.3. The zero-order valence-corrected chi connectivity index (χ0v) is 26.2. The fraction of sp³-hybridized carbons (Fsp3) is 0.906. The number of quaternary nitrogens is 1. The summed E-state index contributed by atoms with van der Waals surface area (Å²) in [6, 6.07) is 0.666. The number of halogens is 1. The fourth-order valence-electron chi connectivity index (χ4n) is 11.3. The molecule has 4 aliphatic carbocycles. The van der Waals surface area contributed by atoms with Gasteiger partial charge < -0.3 is 36.0 Å². The van der Waals surface area contributed by atoms with Crippen LogP contribution in [-0.2, 0) is 14.3 Å². The smallest absolute Gasteiger partial charge is 0.302 e. The lowest BCUT2D eigenvalue weighted by molar-refractivity contribution is -0.938. The Balaban J connectivity index is 0.00000308. The number of aliphatic hydroxyl groups excluding tert-OH is 1. The van der Waals surface area contributed by atoms with Gasteiger partial charge in [-0.15, -0.1) is 0 Å². The highest BCUT2D eigenvalue weighted by Crippen LogP contribution is 2.67. The molecule has 0 aromatic rings. The van der Waals surface area contributed by atoms with E-state index in [2.05, 4.69) is 31.4 Å². The Morgan fingerprint density at radius 1 is 1.10 bits per heavy atom. The van der Waals surface area contributed by atoms with Crippen LogP contribution in [0.5, 0.6) is 0 Å². The number of likely N-dealkylation sites (tertiary alicyclic amines) is 1. The van der Waals surface area contributed by atoms with Gasteiger partial charge in [0.2, 0.25) is 0 Å². The van der Waals surface area contributed by atoms with Crippen molar-refractivity contribution in [2.45, 2.75) is 103 Å². The molecule has 0 unspecified atom stereocenters. The van der Waals surface area contributed by atoms with E-state index in [-0.39, 0.29) is 46.0 Å². The van der Waals surface area contributed by atoms with Crippen LogP contribution in [0, 0.1) is 34.5 Å². The third-order valence-corrected chi connectivity index (χ3v) is 13.1. The molecule has 2 aliphatic heterocycles. The Hall–Kier alpha value is -0.470. The van der Waals surface area contributed by atoms with Crippen molar-refractivity contribution in [2.75, 3.05) is 45.9 Å². The van der Waals surface area contributed by atoms with Gasteiger partial charge in [0.25, 0.3) is 0 Å². The number of morpholine rings is 1. The molecule has 0 spiro atoms. The van der Waals surface area contributed by atoms with E-state index in [0.29, 0.717) is 35.8 Å². The van der Waals surface area contributed by atoms with Crippen LogP contribution >= 0.6 is 0 Å². The lowest BCUT2D eigenvalue weighted by Gasteiger charge is -2.62. The normalized spacial score (nSPS) is 47.3. The van der Waals surface area contributed by atoms with Gasteiger partial charge in [-0.05, 0) is 73.7 Å². The van der Waals surface area contributed by atoms with Gasteiger partial charge in [0.05, 0.1) is 32.8 Å². The summed E-state index contributed by atoms with van der Waals surface area (Å²) in [5.41, 5.74) is 0.316. The number of hydrogen-bond donors (Lipinski definition) is 1. The first-order valence-corrected chi connectivity index (χ1v) is 15.9. The minimum absolute atomic E-state index is 0. The number of carbonyl (C=O) groups excluding carboxylic acids is 1. The number of rotatable bonds is 5. The summed E-state index contributed by atoms with van der Waals surface area (Å²) in [4.78, 5) is 14.7. The number of esters is 1. The highest BCUT2D eigenvalue weighted by Gasteiger charge is 2.66. The number of nitrogens with zero attached hydrogens (tertiary/aromatic N) is 2. The molecule has 10 atom stereocenters. The van der Waals surface area contributed by atoms with Gasteiger partial charge in [0, 0.05) is 50.7 Å². The SMILES string of the molecule is C=CC[N+]1([C@H]2C[C@@H]3[C@@H]4CC[C@@H]5C[C@H](OC(C)=O)[C@@H](N6CCOCC6)C[C@]5(C)[C@@H]4CC[C@]3(C)[C@H]2O)CCCC1.[Br-]. The van der Waals surface area contributed by atoms with Crippen LogP contribution in [-0.4, -0.2) is 90.7 Å². The van der Waals surface area contributed by atoms with Crippen LogP contribution in [0.2, 0.25) is 0 Å². The monoisotopic (exact) mass is 608 g/mol. The molecule has 2 heterocycles. The molecule has 2 saturated heterocycles. The second-order valence-electron chi connectivity index (χ2n) is 14.6. The van der Waals surface area contributed by atoms with Crippen molar-refractivity contribution in [2.24, 2.45) is 34.5 Å². The molecule has 39 heavy (non-hydrogen) atoms. The first-order valence-electron chi connectivity index (χ1n) is 15.9. The lowest BCUT2D eigenvalue weighted by atomic mass is 9.44. The molecule has 0 amide bonds. The van der Waals surface area contributed by atoms with Gasteiger partial charge in [-0.2, -0.15) is 0 Å². The Morgan fingerprint density at radius 2 is 1.82 bits per heavy atom. The molecule has 7 heteroatoms. The molecule has 0 radical (unpaired) electrons. The van der Waals surface area contributed by atoms with E-state index < -0.39 is 0 Å². The maximum atomic E-state index is 12.1. The molecule has 0 aromatic heterocycles. The van der Waals surface area contributed by atoms with E-state index in [1.807, 2.05) is 0 Å². The third kappa shape index (κ3) is 4.88. The molecule has 0 bridgehead atoms. The summed E-state index contributed by atoms with van der Waals surface area (Å²) >= 11 is 0. The van der Waals surface area contributed by atoms with Crippen LogP contribution in [0.1, 0.15) is 78.6 Å². The maximum Gasteiger partial charge on any atom is 0.302 e. The Kier molecular flexibility index (Phi) is 8.70. The minimum atomic E-state index is -0.196. The number of carbonyl (C=O) groups is 1. The molecular weight excluding hydrogens is 556 g/mol. The highest BCUT2D eigenvalue weighted by atomic mass is 79.9. The van der Waals surface area contributed by atoms with Crippen molar-refractivity contribution in [1.29, 1.82) is 0 Å². The molecule has 0 aromatic carbocycles. The quantitative estimate of drug-likeness (QED) is 0.291. The van der Waals surface area contributed by atoms with Crippen molar-refractivity contribution in [3.63, 3.8) is 0 Å². The molecule has 6 rings (SSSR count). The summed E-state index contributed by atoms with van der Waals surface area (Å²) < 4.78 is 12.8. The predicted octanol–water partition coefficient (Wildman–Crippen LogP) is 1.41. The molecule has 6 nitrogen and oxygen atoms in total. The fourth-order valence-corrected chi connectivity index (χ4v) is 11.3. The lowest BCUT2D eigenvalue weighted by Crippen LogP contribution is -3.00. The van der Waals surface area contributed by atoms with Crippen molar-refractivity contribution in [3.05, 3.63) is 12.7 Å². The largest absolute Gasteiger partial charge is 1.00 e. The first-order chi connectivity index (χ1) is 18.2. The third-order valence-electron chi connectivity index (χ3n) is 13.1.